The van der Waals surface area contributed by atoms with Crippen LogP contribution in [0.5, 0.6) is 0 Å². The van der Waals surface area contributed by atoms with Crippen molar-refractivity contribution < 1.29 is 4.79 Å². The van der Waals surface area contributed by atoms with Crippen LogP contribution in [0.1, 0.15) is 33.1 Å². The number of hydrogen-bond donors (Lipinski definition) is 0. The molecule has 1 fully saturated rings. The third kappa shape index (κ3) is 2.17. The predicted molar refractivity (Wildman–Crippen MR) is 58.9 cm³/mol. The van der Waals surface area contributed by atoms with Crippen molar-refractivity contribution in [3.63, 3.8) is 0 Å². The highest BCUT2D eigenvalue weighted by Gasteiger charge is 2.32. The first-order valence-electron chi connectivity index (χ1n) is 5.47. The highest BCUT2D eigenvalue weighted by Crippen LogP contribution is 2.32. The standard InChI is InChI=1S/C12H21NO/c1-5-11(14)13(4)12-9(2)7-6-8-10(12)3/h5,9-10,12H,1,6-8H2,2-4H3. The lowest BCUT2D eigenvalue weighted by Gasteiger charge is -2.40. The summed E-state index contributed by atoms with van der Waals surface area (Å²) in [6.07, 6.45) is 5.19. The molecule has 0 spiro atoms. The minimum atomic E-state index is 0.0515. The number of amides is 1. The first kappa shape index (κ1) is 11.3. The Hall–Kier alpha value is -0.790. The Morgan fingerprint density at radius 1 is 1.36 bits per heavy atom. The zero-order valence-corrected chi connectivity index (χ0v) is 9.49. The van der Waals surface area contributed by atoms with Crippen LogP contribution in [-0.4, -0.2) is 23.9 Å². The summed E-state index contributed by atoms with van der Waals surface area (Å²) in [4.78, 5) is 13.4. The molecule has 1 saturated carbocycles. The van der Waals surface area contributed by atoms with Gasteiger partial charge in [-0.1, -0.05) is 26.8 Å². The van der Waals surface area contributed by atoms with Crippen LogP contribution in [0.2, 0.25) is 0 Å². The van der Waals surface area contributed by atoms with Crippen LogP contribution >= 0.6 is 0 Å². The molecule has 0 saturated heterocycles. The van der Waals surface area contributed by atoms with Gasteiger partial charge in [0.15, 0.2) is 0 Å². The minimum Gasteiger partial charge on any atom is -0.339 e. The fraction of sp³-hybridized carbons (Fsp3) is 0.750. The summed E-state index contributed by atoms with van der Waals surface area (Å²) in [5.41, 5.74) is 0. The Balaban J connectivity index is 2.71. The van der Waals surface area contributed by atoms with Gasteiger partial charge in [-0.3, -0.25) is 4.79 Å². The maximum Gasteiger partial charge on any atom is 0.245 e. The van der Waals surface area contributed by atoms with Gasteiger partial charge in [-0.05, 0) is 30.8 Å². The maximum absolute atomic E-state index is 11.5. The lowest BCUT2D eigenvalue weighted by molar-refractivity contribution is -0.129. The van der Waals surface area contributed by atoms with Gasteiger partial charge in [0.1, 0.15) is 0 Å². The Kier molecular flexibility index (Phi) is 3.73. The normalized spacial score (nSPS) is 32.4. The second-order valence-corrected chi connectivity index (χ2v) is 4.53. The minimum absolute atomic E-state index is 0.0515. The van der Waals surface area contributed by atoms with Gasteiger partial charge < -0.3 is 4.90 Å². The van der Waals surface area contributed by atoms with Crippen molar-refractivity contribution in [1.82, 2.24) is 4.90 Å². The molecule has 1 amide bonds. The highest BCUT2D eigenvalue weighted by atomic mass is 16.2. The molecule has 0 heterocycles. The average molecular weight is 195 g/mol. The quantitative estimate of drug-likeness (QED) is 0.620. The second kappa shape index (κ2) is 4.63. The van der Waals surface area contributed by atoms with Gasteiger partial charge in [-0.25, -0.2) is 0 Å². The van der Waals surface area contributed by atoms with Gasteiger partial charge in [0, 0.05) is 13.1 Å². The largest absolute Gasteiger partial charge is 0.339 e. The molecular formula is C12H21NO. The lowest BCUT2D eigenvalue weighted by Crippen LogP contribution is -2.46. The van der Waals surface area contributed by atoms with Crippen LogP contribution < -0.4 is 0 Å². The third-order valence-corrected chi connectivity index (χ3v) is 3.45. The third-order valence-electron chi connectivity index (χ3n) is 3.45. The molecule has 0 aromatic carbocycles. The van der Waals surface area contributed by atoms with Crippen LogP contribution in [0.15, 0.2) is 12.7 Å². The summed E-state index contributed by atoms with van der Waals surface area (Å²) in [5.74, 6) is 1.29. The van der Waals surface area contributed by atoms with Crippen LogP contribution in [0, 0.1) is 11.8 Å². The molecule has 0 aromatic heterocycles. The van der Waals surface area contributed by atoms with E-state index in [0.29, 0.717) is 17.9 Å². The number of likely N-dealkylation sites (N-methyl/N-ethyl adjacent to an activating group) is 1. The van der Waals surface area contributed by atoms with Crippen molar-refractivity contribution in [1.29, 1.82) is 0 Å². The molecule has 1 aliphatic rings. The van der Waals surface area contributed by atoms with Crippen molar-refractivity contribution in [2.45, 2.75) is 39.2 Å². The molecule has 0 aliphatic heterocycles. The average Bonchev–Trinajstić information content (AvgIpc) is 2.16. The molecule has 1 rings (SSSR count). The predicted octanol–water partition coefficient (Wildman–Crippen LogP) is 2.46. The second-order valence-electron chi connectivity index (χ2n) is 4.53. The molecule has 2 heteroatoms. The Labute approximate surface area is 87.0 Å². The topological polar surface area (TPSA) is 20.3 Å². The first-order chi connectivity index (χ1) is 6.57. The molecule has 14 heavy (non-hydrogen) atoms. The van der Waals surface area contributed by atoms with Crippen LogP contribution in [0.4, 0.5) is 0 Å². The van der Waals surface area contributed by atoms with Gasteiger partial charge in [0.05, 0.1) is 0 Å². The van der Waals surface area contributed by atoms with E-state index in [1.807, 2.05) is 11.9 Å². The Morgan fingerprint density at radius 2 is 1.86 bits per heavy atom. The van der Waals surface area contributed by atoms with E-state index >= 15 is 0 Å². The molecule has 2 atom stereocenters. The van der Waals surface area contributed by atoms with E-state index in [-0.39, 0.29) is 5.91 Å². The summed E-state index contributed by atoms with van der Waals surface area (Å²) >= 11 is 0. The molecule has 2 unspecified atom stereocenters. The van der Waals surface area contributed by atoms with Crippen molar-refractivity contribution >= 4 is 5.91 Å². The van der Waals surface area contributed by atoms with E-state index in [1.54, 1.807) is 0 Å². The summed E-state index contributed by atoms with van der Waals surface area (Å²) in [5, 5.41) is 0. The summed E-state index contributed by atoms with van der Waals surface area (Å²) in [6, 6.07) is 0.397. The number of hydrogen-bond acceptors (Lipinski definition) is 1. The van der Waals surface area contributed by atoms with E-state index < -0.39 is 0 Å². The van der Waals surface area contributed by atoms with Crippen LogP contribution in [0.25, 0.3) is 0 Å². The lowest BCUT2D eigenvalue weighted by atomic mass is 9.78. The van der Waals surface area contributed by atoms with Crippen LogP contribution in [0.3, 0.4) is 0 Å². The van der Waals surface area contributed by atoms with E-state index in [1.165, 1.54) is 25.3 Å². The zero-order valence-electron chi connectivity index (χ0n) is 9.49. The van der Waals surface area contributed by atoms with Gasteiger partial charge in [-0.2, -0.15) is 0 Å². The monoisotopic (exact) mass is 195 g/mol. The SMILES string of the molecule is C=CC(=O)N(C)C1C(C)CCCC1C. The molecule has 2 nitrogen and oxygen atoms in total. The summed E-state index contributed by atoms with van der Waals surface area (Å²) in [7, 11) is 1.90. The van der Waals surface area contributed by atoms with Crippen molar-refractivity contribution in [2.75, 3.05) is 7.05 Å². The van der Waals surface area contributed by atoms with E-state index in [4.69, 9.17) is 0 Å². The van der Waals surface area contributed by atoms with Crippen molar-refractivity contribution in [3.05, 3.63) is 12.7 Å². The maximum atomic E-state index is 11.5. The fourth-order valence-electron chi connectivity index (χ4n) is 2.72. The number of carbonyl (C=O) groups excluding carboxylic acids is 1. The number of carbonyl (C=O) groups is 1. The van der Waals surface area contributed by atoms with E-state index in [0.717, 1.165) is 0 Å². The van der Waals surface area contributed by atoms with Crippen molar-refractivity contribution in [2.24, 2.45) is 11.8 Å². The molecular weight excluding hydrogens is 174 g/mol. The Morgan fingerprint density at radius 3 is 2.29 bits per heavy atom. The van der Waals surface area contributed by atoms with Crippen LogP contribution in [-0.2, 0) is 4.79 Å². The molecule has 80 valence electrons. The molecule has 0 N–H and O–H groups in total. The molecule has 1 aliphatic carbocycles. The Bertz CT molecular complexity index is 214. The fourth-order valence-corrected chi connectivity index (χ4v) is 2.72. The number of rotatable bonds is 2. The first-order valence-corrected chi connectivity index (χ1v) is 5.47. The number of nitrogens with zero attached hydrogens (tertiary/aromatic N) is 1. The summed E-state index contributed by atoms with van der Waals surface area (Å²) < 4.78 is 0. The van der Waals surface area contributed by atoms with Gasteiger partial charge in [0.2, 0.25) is 5.91 Å². The van der Waals surface area contributed by atoms with Crippen molar-refractivity contribution in [3.8, 4) is 0 Å². The zero-order chi connectivity index (χ0) is 10.7. The molecule has 0 bridgehead atoms. The van der Waals surface area contributed by atoms with Gasteiger partial charge in [0.25, 0.3) is 0 Å². The smallest absolute Gasteiger partial charge is 0.245 e. The van der Waals surface area contributed by atoms with E-state index in [2.05, 4.69) is 20.4 Å². The summed E-state index contributed by atoms with van der Waals surface area (Å²) in [6.45, 7) is 8.02. The molecule has 0 radical (unpaired) electrons. The van der Waals surface area contributed by atoms with Gasteiger partial charge in [-0.15, -0.1) is 0 Å². The highest BCUT2D eigenvalue weighted by molar-refractivity contribution is 5.87. The van der Waals surface area contributed by atoms with E-state index in [9.17, 15) is 4.79 Å². The molecule has 0 aromatic rings. The van der Waals surface area contributed by atoms with Gasteiger partial charge >= 0.3 is 0 Å².